The molecule has 0 unspecified atom stereocenters. The molecule has 0 radical (unpaired) electrons. The van der Waals surface area contributed by atoms with Crippen LogP contribution in [0.1, 0.15) is 290 Å². The van der Waals surface area contributed by atoms with Gasteiger partial charge < -0.3 is 14.2 Å². The SMILES string of the molecule is CCCCCCCCCCCCCCC/C=C\C(=O)OCC(COC(=O)/C=C\CCCCCCCCCCCCCCC)OC(=O)/C=C\CCCCCCCCCCCCCCC. The highest BCUT2D eigenvalue weighted by Gasteiger charge is 2.17. The van der Waals surface area contributed by atoms with E-state index in [0.29, 0.717) is 0 Å². The fraction of sp³-hybridized carbons (Fsp3) is 0.842. The molecule has 0 aromatic heterocycles. The standard InChI is InChI=1S/C57H104O6/c1-4-7-10-13-16-19-22-25-28-31-34-37-40-43-46-49-55(58)61-52-54(63-57(60)51-48-45-42-39-36-33-30-27-24-21-18-15-12-9-6-3)53-62-56(59)50-47-44-41-38-35-32-29-26-23-20-17-14-11-8-5-2/h46-51,54H,4-45,52-53H2,1-3H3/b49-46-,50-47-,51-48-. The lowest BCUT2D eigenvalue weighted by Crippen LogP contribution is -2.30. The van der Waals surface area contributed by atoms with Gasteiger partial charge in [-0.1, -0.05) is 270 Å². The summed E-state index contributed by atoms with van der Waals surface area (Å²) in [6.07, 6.45) is 62.6. The number of unbranched alkanes of at least 4 members (excludes halogenated alkanes) is 39. The first-order valence-corrected chi connectivity index (χ1v) is 27.6. The molecule has 0 saturated heterocycles. The van der Waals surface area contributed by atoms with Crippen LogP contribution in [0.15, 0.2) is 36.5 Å². The first-order chi connectivity index (χ1) is 31.0. The molecular formula is C57H104O6. The molecule has 63 heavy (non-hydrogen) atoms. The van der Waals surface area contributed by atoms with Gasteiger partial charge in [-0.25, -0.2) is 14.4 Å². The highest BCUT2D eigenvalue weighted by Crippen LogP contribution is 2.16. The normalized spacial score (nSPS) is 11.8. The summed E-state index contributed by atoms with van der Waals surface area (Å²) < 4.78 is 16.5. The minimum Gasteiger partial charge on any atom is -0.458 e. The van der Waals surface area contributed by atoms with E-state index in [1.807, 2.05) is 18.2 Å². The van der Waals surface area contributed by atoms with Crippen LogP contribution in [-0.2, 0) is 28.6 Å². The molecule has 0 fully saturated rings. The van der Waals surface area contributed by atoms with Gasteiger partial charge in [-0.3, -0.25) is 0 Å². The van der Waals surface area contributed by atoms with Crippen molar-refractivity contribution in [3.8, 4) is 0 Å². The molecule has 0 aromatic carbocycles. The largest absolute Gasteiger partial charge is 0.458 e. The zero-order chi connectivity index (χ0) is 45.8. The Morgan fingerprint density at radius 2 is 0.508 bits per heavy atom. The zero-order valence-corrected chi connectivity index (χ0v) is 42.1. The van der Waals surface area contributed by atoms with E-state index >= 15 is 0 Å². The fourth-order valence-electron chi connectivity index (χ4n) is 8.14. The zero-order valence-electron chi connectivity index (χ0n) is 42.1. The van der Waals surface area contributed by atoms with Gasteiger partial charge in [-0.2, -0.15) is 0 Å². The van der Waals surface area contributed by atoms with Crippen molar-refractivity contribution in [1.29, 1.82) is 0 Å². The smallest absolute Gasteiger partial charge is 0.330 e. The number of hydrogen-bond donors (Lipinski definition) is 0. The fourth-order valence-corrected chi connectivity index (χ4v) is 8.14. The average Bonchev–Trinajstić information content (AvgIpc) is 3.28. The van der Waals surface area contributed by atoms with E-state index in [1.54, 1.807) is 0 Å². The molecule has 0 atom stereocenters. The van der Waals surface area contributed by atoms with Crippen molar-refractivity contribution in [2.45, 2.75) is 297 Å². The summed E-state index contributed by atoms with van der Waals surface area (Å²) >= 11 is 0. The van der Waals surface area contributed by atoms with Gasteiger partial charge in [0.15, 0.2) is 6.10 Å². The van der Waals surface area contributed by atoms with Gasteiger partial charge in [0.05, 0.1) is 0 Å². The summed E-state index contributed by atoms with van der Waals surface area (Å²) in [6.45, 7) is 6.47. The van der Waals surface area contributed by atoms with Crippen LogP contribution in [-0.4, -0.2) is 37.2 Å². The Balaban J connectivity index is 4.47. The lowest BCUT2D eigenvalue weighted by molar-refractivity contribution is -0.160. The molecule has 0 aromatic rings. The highest BCUT2D eigenvalue weighted by atomic mass is 16.6. The molecule has 0 spiro atoms. The number of carbonyl (C=O) groups is 3. The number of carbonyl (C=O) groups excluding carboxylic acids is 3. The van der Waals surface area contributed by atoms with E-state index in [-0.39, 0.29) is 13.2 Å². The van der Waals surface area contributed by atoms with E-state index in [2.05, 4.69) is 20.8 Å². The van der Waals surface area contributed by atoms with Crippen LogP contribution >= 0.6 is 0 Å². The second-order valence-electron chi connectivity index (χ2n) is 18.6. The van der Waals surface area contributed by atoms with Gasteiger partial charge in [-0.05, 0) is 38.5 Å². The Morgan fingerprint density at radius 1 is 0.302 bits per heavy atom. The molecule has 0 bridgehead atoms. The summed E-state index contributed by atoms with van der Waals surface area (Å²) in [6, 6.07) is 0. The van der Waals surface area contributed by atoms with Crippen LogP contribution in [0.5, 0.6) is 0 Å². The number of hydrogen-bond acceptors (Lipinski definition) is 6. The topological polar surface area (TPSA) is 78.9 Å². The molecule has 0 N–H and O–H groups in total. The van der Waals surface area contributed by atoms with Gasteiger partial charge >= 0.3 is 17.9 Å². The van der Waals surface area contributed by atoms with Gasteiger partial charge in [0.2, 0.25) is 0 Å². The van der Waals surface area contributed by atoms with Crippen LogP contribution in [0.2, 0.25) is 0 Å². The summed E-state index contributed by atoms with van der Waals surface area (Å²) in [7, 11) is 0. The monoisotopic (exact) mass is 885 g/mol. The summed E-state index contributed by atoms with van der Waals surface area (Å²) in [5.74, 6) is -1.47. The number of rotatable bonds is 50. The van der Waals surface area contributed by atoms with Crippen LogP contribution in [0.4, 0.5) is 0 Å². The second-order valence-corrected chi connectivity index (χ2v) is 18.6. The van der Waals surface area contributed by atoms with Crippen LogP contribution < -0.4 is 0 Å². The van der Waals surface area contributed by atoms with Crippen molar-refractivity contribution in [1.82, 2.24) is 0 Å². The molecule has 6 nitrogen and oxygen atoms in total. The van der Waals surface area contributed by atoms with Gasteiger partial charge in [0, 0.05) is 18.2 Å². The first kappa shape index (κ1) is 60.6. The van der Waals surface area contributed by atoms with Crippen molar-refractivity contribution >= 4 is 17.9 Å². The van der Waals surface area contributed by atoms with Crippen molar-refractivity contribution in [2.75, 3.05) is 13.2 Å². The minimum atomic E-state index is -0.879. The number of esters is 3. The molecule has 0 aliphatic rings. The predicted molar refractivity (Wildman–Crippen MR) is 270 cm³/mol. The lowest BCUT2D eigenvalue weighted by atomic mass is 10.0. The van der Waals surface area contributed by atoms with Gasteiger partial charge in [-0.15, -0.1) is 0 Å². The van der Waals surface area contributed by atoms with E-state index in [1.165, 1.54) is 243 Å². The highest BCUT2D eigenvalue weighted by molar-refractivity contribution is 5.83. The Morgan fingerprint density at radius 3 is 0.746 bits per heavy atom. The molecule has 0 rings (SSSR count). The van der Waals surface area contributed by atoms with Crippen LogP contribution in [0, 0.1) is 0 Å². The number of ether oxygens (including phenoxy) is 3. The van der Waals surface area contributed by atoms with E-state index in [0.717, 1.165) is 44.9 Å². The molecule has 0 aliphatic heterocycles. The van der Waals surface area contributed by atoms with Crippen LogP contribution in [0.25, 0.3) is 0 Å². The molecule has 0 aliphatic carbocycles. The van der Waals surface area contributed by atoms with E-state index in [9.17, 15) is 14.4 Å². The molecular weight excluding hydrogens is 781 g/mol. The second kappa shape index (κ2) is 52.3. The summed E-state index contributed by atoms with van der Waals surface area (Å²) in [5.41, 5.74) is 0. The van der Waals surface area contributed by atoms with Crippen molar-refractivity contribution in [3.05, 3.63) is 36.5 Å². The quantitative estimate of drug-likeness (QED) is 0.0262. The van der Waals surface area contributed by atoms with Crippen LogP contribution in [0.3, 0.4) is 0 Å². The Hall–Kier alpha value is -2.37. The number of allylic oxidation sites excluding steroid dienone is 3. The van der Waals surface area contributed by atoms with Gasteiger partial charge in [0.25, 0.3) is 0 Å². The summed E-state index contributed by atoms with van der Waals surface area (Å²) in [4.78, 5) is 37.8. The Kier molecular flexibility index (Phi) is 50.3. The maximum absolute atomic E-state index is 12.7. The van der Waals surface area contributed by atoms with Gasteiger partial charge in [0.1, 0.15) is 13.2 Å². The van der Waals surface area contributed by atoms with Crippen molar-refractivity contribution in [3.63, 3.8) is 0 Å². The molecule has 0 saturated carbocycles. The molecule has 0 amide bonds. The predicted octanol–water partition coefficient (Wildman–Crippen LogP) is 18.1. The summed E-state index contributed by atoms with van der Waals surface area (Å²) in [5, 5.41) is 0. The third kappa shape index (κ3) is 50.5. The molecule has 0 heterocycles. The maximum Gasteiger partial charge on any atom is 0.330 e. The minimum absolute atomic E-state index is 0.170. The molecule has 6 heteroatoms. The Bertz CT molecular complexity index is 1010. The van der Waals surface area contributed by atoms with E-state index < -0.39 is 24.0 Å². The third-order valence-corrected chi connectivity index (χ3v) is 12.3. The van der Waals surface area contributed by atoms with Crippen molar-refractivity contribution in [2.24, 2.45) is 0 Å². The lowest BCUT2D eigenvalue weighted by Gasteiger charge is -2.16. The maximum atomic E-state index is 12.7. The Labute approximate surface area is 391 Å². The molecule has 368 valence electrons. The van der Waals surface area contributed by atoms with E-state index in [4.69, 9.17) is 14.2 Å². The first-order valence-electron chi connectivity index (χ1n) is 27.6. The third-order valence-electron chi connectivity index (χ3n) is 12.3. The average molecular weight is 885 g/mol. The van der Waals surface area contributed by atoms with Crippen molar-refractivity contribution < 1.29 is 28.6 Å².